The van der Waals surface area contributed by atoms with E-state index in [2.05, 4.69) is 22.5 Å². The van der Waals surface area contributed by atoms with Crippen molar-refractivity contribution in [3.8, 4) is 5.75 Å². The average Bonchev–Trinajstić information content (AvgIpc) is 2.15. The molecule has 1 aromatic rings. The Morgan fingerprint density at radius 2 is 2.29 bits per heavy atom. The Kier molecular flexibility index (Phi) is 3.41. The molecule has 0 atom stereocenters. The van der Waals surface area contributed by atoms with Crippen molar-refractivity contribution in [2.75, 3.05) is 7.11 Å². The Labute approximate surface area is 89.5 Å². The van der Waals surface area contributed by atoms with Gasteiger partial charge in [0.15, 0.2) is 17.3 Å². The van der Waals surface area contributed by atoms with E-state index in [1.54, 1.807) is 0 Å². The fourth-order valence-electron chi connectivity index (χ4n) is 1.06. The lowest BCUT2D eigenvalue weighted by Crippen LogP contribution is -2.01. The third-order valence-corrected chi connectivity index (χ3v) is 2.12. The number of halogens is 2. The summed E-state index contributed by atoms with van der Waals surface area (Å²) in [5.41, 5.74) is 0.161. The Morgan fingerprint density at radius 3 is 2.79 bits per heavy atom. The van der Waals surface area contributed by atoms with E-state index >= 15 is 0 Å². The summed E-state index contributed by atoms with van der Waals surface area (Å²) in [6.07, 6.45) is 1.11. The van der Waals surface area contributed by atoms with Crippen LogP contribution >= 0.6 is 15.9 Å². The van der Waals surface area contributed by atoms with Crippen molar-refractivity contribution in [3.63, 3.8) is 0 Å². The van der Waals surface area contributed by atoms with Crippen LogP contribution in [0, 0.1) is 5.82 Å². The third-order valence-electron chi connectivity index (χ3n) is 1.66. The van der Waals surface area contributed by atoms with E-state index in [-0.39, 0.29) is 17.1 Å². The second-order valence-corrected chi connectivity index (χ2v) is 3.45. The van der Waals surface area contributed by atoms with Crippen molar-refractivity contribution in [2.45, 2.75) is 0 Å². The van der Waals surface area contributed by atoms with Crippen LogP contribution in [0.1, 0.15) is 10.4 Å². The molecule has 2 nitrogen and oxygen atoms in total. The quantitative estimate of drug-likeness (QED) is 0.616. The number of hydrogen-bond acceptors (Lipinski definition) is 2. The van der Waals surface area contributed by atoms with Crippen molar-refractivity contribution in [2.24, 2.45) is 0 Å². The number of hydrogen-bond donors (Lipinski definition) is 0. The highest BCUT2D eigenvalue weighted by Gasteiger charge is 2.14. The van der Waals surface area contributed by atoms with Crippen LogP contribution in [-0.2, 0) is 0 Å². The summed E-state index contributed by atoms with van der Waals surface area (Å²) in [6, 6.07) is 2.73. The van der Waals surface area contributed by atoms with Gasteiger partial charge in [-0.15, -0.1) is 0 Å². The van der Waals surface area contributed by atoms with Gasteiger partial charge in [0.05, 0.1) is 12.7 Å². The predicted molar refractivity (Wildman–Crippen MR) is 55.2 cm³/mol. The fourth-order valence-corrected chi connectivity index (χ4v) is 1.49. The normalized spacial score (nSPS) is 9.64. The molecule has 14 heavy (non-hydrogen) atoms. The van der Waals surface area contributed by atoms with Gasteiger partial charge in [0.25, 0.3) is 0 Å². The van der Waals surface area contributed by atoms with Crippen LogP contribution in [-0.4, -0.2) is 12.9 Å². The van der Waals surface area contributed by atoms with Gasteiger partial charge >= 0.3 is 0 Å². The Bertz CT molecular complexity index is 388. The lowest BCUT2D eigenvalue weighted by atomic mass is 10.1. The highest BCUT2D eigenvalue weighted by molar-refractivity contribution is 9.10. The van der Waals surface area contributed by atoms with E-state index in [1.165, 1.54) is 19.2 Å². The first-order valence-corrected chi connectivity index (χ1v) is 4.59. The maximum atomic E-state index is 13.3. The van der Waals surface area contributed by atoms with E-state index in [0.717, 1.165) is 6.08 Å². The van der Waals surface area contributed by atoms with Crippen LogP contribution in [0.2, 0.25) is 0 Å². The molecule has 74 valence electrons. The summed E-state index contributed by atoms with van der Waals surface area (Å²) in [7, 11) is 1.31. The van der Waals surface area contributed by atoms with Crippen LogP contribution in [0.4, 0.5) is 4.39 Å². The zero-order valence-electron chi connectivity index (χ0n) is 7.51. The molecule has 1 aromatic carbocycles. The Hall–Kier alpha value is -1.16. The number of carbonyl (C=O) groups excluding carboxylic acids is 1. The molecule has 0 bridgehead atoms. The molecule has 0 amide bonds. The molecule has 0 N–H and O–H groups in total. The van der Waals surface area contributed by atoms with E-state index in [1.807, 2.05) is 0 Å². The van der Waals surface area contributed by atoms with Crippen LogP contribution < -0.4 is 4.74 Å². The number of benzene rings is 1. The van der Waals surface area contributed by atoms with Crippen LogP contribution in [0.5, 0.6) is 5.75 Å². The number of ether oxygens (including phenoxy) is 1. The maximum Gasteiger partial charge on any atom is 0.189 e. The average molecular weight is 259 g/mol. The van der Waals surface area contributed by atoms with Gasteiger partial charge in [-0.05, 0) is 18.2 Å². The number of methoxy groups -OCH3 is 1. The SMILES string of the molecule is C=CC(=O)c1cc(Br)cc(F)c1OC. The van der Waals surface area contributed by atoms with Gasteiger partial charge in [0, 0.05) is 4.47 Å². The molecule has 1 rings (SSSR count). The minimum atomic E-state index is -0.577. The van der Waals surface area contributed by atoms with Gasteiger partial charge in [-0.3, -0.25) is 4.79 Å². The van der Waals surface area contributed by atoms with Crippen LogP contribution in [0.25, 0.3) is 0 Å². The number of allylic oxidation sites excluding steroid dienone is 1. The number of ketones is 1. The topological polar surface area (TPSA) is 26.3 Å². The van der Waals surface area contributed by atoms with E-state index in [9.17, 15) is 9.18 Å². The minimum absolute atomic E-state index is 0.0573. The van der Waals surface area contributed by atoms with Crippen molar-refractivity contribution in [3.05, 3.63) is 40.6 Å². The van der Waals surface area contributed by atoms with Gasteiger partial charge in [0.1, 0.15) is 0 Å². The minimum Gasteiger partial charge on any atom is -0.493 e. The van der Waals surface area contributed by atoms with Gasteiger partial charge in [0.2, 0.25) is 0 Å². The zero-order valence-corrected chi connectivity index (χ0v) is 9.10. The molecule has 0 aromatic heterocycles. The van der Waals surface area contributed by atoms with E-state index < -0.39 is 5.82 Å². The first kappa shape index (κ1) is 10.9. The summed E-state index contributed by atoms with van der Waals surface area (Å²) in [4.78, 5) is 11.3. The lowest BCUT2D eigenvalue weighted by Gasteiger charge is -2.07. The standard InChI is InChI=1S/C10H8BrFO2/c1-3-9(13)7-4-6(11)5-8(12)10(7)14-2/h3-5H,1H2,2H3. The number of rotatable bonds is 3. The molecule has 0 aliphatic heterocycles. The molecule has 4 heteroatoms. The lowest BCUT2D eigenvalue weighted by molar-refractivity contribution is 0.104. The van der Waals surface area contributed by atoms with Gasteiger partial charge in [-0.1, -0.05) is 22.5 Å². The highest BCUT2D eigenvalue weighted by atomic mass is 79.9. The molecule has 0 unspecified atom stereocenters. The predicted octanol–water partition coefficient (Wildman–Crippen LogP) is 2.97. The molecule has 0 radical (unpaired) electrons. The number of carbonyl (C=O) groups is 1. The van der Waals surface area contributed by atoms with Crippen LogP contribution in [0.3, 0.4) is 0 Å². The molecule has 0 heterocycles. The fraction of sp³-hybridized carbons (Fsp3) is 0.100. The van der Waals surface area contributed by atoms with E-state index in [4.69, 9.17) is 4.74 Å². The Morgan fingerprint density at radius 1 is 1.64 bits per heavy atom. The van der Waals surface area contributed by atoms with Crippen molar-refractivity contribution in [1.29, 1.82) is 0 Å². The molecular weight excluding hydrogens is 251 g/mol. The molecular formula is C10H8BrFO2. The molecule has 0 aliphatic rings. The second-order valence-electron chi connectivity index (χ2n) is 2.54. The van der Waals surface area contributed by atoms with Gasteiger partial charge < -0.3 is 4.74 Å². The molecule has 0 saturated carbocycles. The highest BCUT2D eigenvalue weighted by Crippen LogP contribution is 2.27. The first-order valence-electron chi connectivity index (χ1n) is 3.80. The molecule has 0 saturated heterocycles. The largest absolute Gasteiger partial charge is 0.493 e. The van der Waals surface area contributed by atoms with Crippen molar-refractivity contribution < 1.29 is 13.9 Å². The summed E-state index contributed by atoms with van der Waals surface area (Å²) in [5, 5.41) is 0. The first-order chi connectivity index (χ1) is 6.60. The summed E-state index contributed by atoms with van der Waals surface area (Å²) < 4.78 is 18.5. The Balaban J connectivity index is 3.39. The summed E-state index contributed by atoms with van der Waals surface area (Å²) >= 11 is 3.09. The van der Waals surface area contributed by atoms with Crippen molar-refractivity contribution in [1.82, 2.24) is 0 Å². The smallest absolute Gasteiger partial charge is 0.189 e. The van der Waals surface area contributed by atoms with Crippen LogP contribution in [0.15, 0.2) is 29.3 Å². The van der Waals surface area contributed by atoms with Crippen molar-refractivity contribution >= 4 is 21.7 Å². The summed E-state index contributed by atoms with van der Waals surface area (Å²) in [5.74, 6) is -1.01. The maximum absolute atomic E-state index is 13.3. The van der Waals surface area contributed by atoms with Gasteiger partial charge in [-0.25, -0.2) is 4.39 Å². The summed E-state index contributed by atoms with van der Waals surface area (Å²) in [6.45, 7) is 3.33. The zero-order chi connectivity index (χ0) is 10.7. The van der Waals surface area contributed by atoms with E-state index in [0.29, 0.717) is 4.47 Å². The molecule has 0 spiro atoms. The second kappa shape index (κ2) is 4.37. The third kappa shape index (κ3) is 2.01. The molecule has 0 aliphatic carbocycles. The molecule has 0 fully saturated rings. The monoisotopic (exact) mass is 258 g/mol. The van der Waals surface area contributed by atoms with Gasteiger partial charge in [-0.2, -0.15) is 0 Å².